The average Bonchev–Trinajstić information content (AvgIpc) is 2.18. The molecule has 0 bridgehead atoms. The average molecular weight is 219 g/mol. The van der Waals surface area contributed by atoms with Gasteiger partial charge in [-0.3, -0.25) is 4.79 Å². The summed E-state index contributed by atoms with van der Waals surface area (Å²) in [5.41, 5.74) is 0. The van der Waals surface area contributed by atoms with Crippen molar-refractivity contribution in [2.45, 2.75) is 38.0 Å². The maximum absolute atomic E-state index is 11.3. The number of methoxy groups -OCH3 is 1. The molecule has 0 aromatic heterocycles. The lowest BCUT2D eigenvalue weighted by Crippen LogP contribution is -2.43. The lowest BCUT2D eigenvalue weighted by molar-refractivity contribution is -0.143. The number of hydrogen-bond acceptors (Lipinski definition) is 4. The van der Waals surface area contributed by atoms with Crippen molar-refractivity contribution in [3.8, 4) is 0 Å². The molecule has 0 rings (SSSR count). The molecule has 0 radical (unpaired) electrons. The van der Waals surface area contributed by atoms with Crippen molar-refractivity contribution in [1.29, 1.82) is 0 Å². The summed E-state index contributed by atoms with van der Waals surface area (Å²) >= 11 is 1.78. The number of nitrogens with one attached hydrogen (secondary N) is 1. The molecule has 1 unspecified atom stereocenters. The molecule has 4 heteroatoms. The standard InChI is InChI=1S/C10H21NO2S/c1-6-8(9(12)13-4)11-7-10(2,3)14-5/h8,11H,6-7H2,1-5H3. The summed E-state index contributed by atoms with van der Waals surface area (Å²) in [6.45, 7) is 7.08. The van der Waals surface area contributed by atoms with Crippen molar-refractivity contribution >= 4 is 17.7 Å². The first-order valence-corrected chi connectivity index (χ1v) is 6.05. The number of hydrogen-bond donors (Lipinski definition) is 1. The largest absolute Gasteiger partial charge is 0.468 e. The van der Waals surface area contributed by atoms with Gasteiger partial charge in [0, 0.05) is 11.3 Å². The highest BCUT2D eigenvalue weighted by molar-refractivity contribution is 7.99. The summed E-state index contributed by atoms with van der Waals surface area (Å²) in [7, 11) is 1.42. The van der Waals surface area contributed by atoms with Gasteiger partial charge in [0.2, 0.25) is 0 Å². The van der Waals surface area contributed by atoms with Crippen LogP contribution >= 0.6 is 11.8 Å². The van der Waals surface area contributed by atoms with Crippen molar-refractivity contribution in [1.82, 2.24) is 5.32 Å². The van der Waals surface area contributed by atoms with Crippen molar-refractivity contribution < 1.29 is 9.53 Å². The minimum Gasteiger partial charge on any atom is -0.468 e. The van der Waals surface area contributed by atoms with Crippen LogP contribution in [0.25, 0.3) is 0 Å². The number of carbonyl (C=O) groups is 1. The Hall–Kier alpha value is -0.220. The van der Waals surface area contributed by atoms with Crippen LogP contribution in [0.2, 0.25) is 0 Å². The molecular formula is C10H21NO2S. The summed E-state index contributed by atoms with van der Waals surface area (Å²) < 4.78 is 4.85. The van der Waals surface area contributed by atoms with Crippen LogP contribution in [0.4, 0.5) is 0 Å². The van der Waals surface area contributed by atoms with Crippen LogP contribution in [0, 0.1) is 0 Å². The Morgan fingerprint density at radius 1 is 1.57 bits per heavy atom. The molecule has 0 fully saturated rings. The van der Waals surface area contributed by atoms with Gasteiger partial charge in [0.1, 0.15) is 6.04 Å². The second kappa shape index (κ2) is 6.30. The second-order valence-corrected chi connectivity index (χ2v) is 5.34. The zero-order valence-corrected chi connectivity index (χ0v) is 10.5. The highest BCUT2D eigenvalue weighted by Crippen LogP contribution is 2.19. The Bertz CT molecular complexity index is 183. The predicted molar refractivity (Wildman–Crippen MR) is 61.7 cm³/mol. The first-order valence-electron chi connectivity index (χ1n) is 4.83. The molecule has 0 spiro atoms. The van der Waals surface area contributed by atoms with Gasteiger partial charge in [0.25, 0.3) is 0 Å². The van der Waals surface area contributed by atoms with Crippen molar-refractivity contribution in [2.75, 3.05) is 19.9 Å². The molecule has 14 heavy (non-hydrogen) atoms. The first-order chi connectivity index (χ1) is 6.46. The smallest absolute Gasteiger partial charge is 0.322 e. The van der Waals surface area contributed by atoms with Gasteiger partial charge >= 0.3 is 5.97 Å². The molecule has 1 atom stereocenters. The summed E-state index contributed by atoms with van der Waals surface area (Å²) in [6.07, 6.45) is 2.83. The van der Waals surface area contributed by atoms with E-state index in [1.807, 2.05) is 6.92 Å². The van der Waals surface area contributed by atoms with E-state index in [1.54, 1.807) is 11.8 Å². The normalized spacial score (nSPS) is 13.8. The van der Waals surface area contributed by atoms with Gasteiger partial charge in [-0.15, -0.1) is 0 Å². The maximum Gasteiger partial charge on any atom is 0.322 e. The van der Waals surface area contributed by atoms with Crippen LogP contribution in [-0.2, 0) is 9.53 Å². The lowest BCUT2D eigenvalue weighted by atomic mass is 10.1. The van der Waals surface area contributed by atoms with Crippen molar-refractivity contribution in [2.24, 2.45) is 0 Å². The highest BCUT2D eigenvalue weighted by atomic mass is 32.2. The Morgan fingerprint density at radius 3 is 2.50 bits per heavy atom. The molecule has 0 aliphatic carbocycles. The van der Waals surface area contributed by atoms with Gasteiger partial charge in [0.05, 0.1) is 7.11 Å². The van der Waals surface area contributed by atoms with Gasteiger partial charge in [-0.2, -0.15) is 11.8 Å². The number of carbonyl (C=O) groups excluding carboxylic acids is 1. The molecule has 0 aromatic rings. The Kier molecular flexibility index (Phi) is 6.20. The molecule has 0 saturated carbocycles. The molecule has 0 heterocycles. The molecule has 1 N–H and O–H groups in total. The van der Waals surface area contributed by atoms with E-state index in [0.29, 0.717) is 0 Å². The van der Waals surface area contributed by atoms with Crippen LogP contribution < -0.4 is 5.32 Å². The van der Waals surface area contributed by atoms with E-state index < -0.39 is 0 Å². The summed E-state index contributed by atoms with van der Waals surface area (Å²) in [4.78, 5) is 11.3. The minimum atomic E-state index is -0.176. The van der Waals surface area contributed by atoms with Gasteiger partial charge in [-0.05, 0) is 26.5 Å². The molecule has 0 aromatic carbocycles. The fourth-order valence-electron chi connectivity index (χ4n) is 0.978. The minimum absolute atomic E-state index is 0.154. The van der Waals surface area contributed by atoms with Crippen LogP contribution in [0.5, 0.6) is 0 Å². The summed E-state index contributed by atoms with van der Waals surface area (Å²) in [6, 6.07) is -0.175. The molecule has 0 aliphatic heterocycles. The van der Waals surface area contributed by atoms with Crippen LogP contribution in [-0.4, -0.2) is 36.7 Å². The fraction of sp³-hybridized carbons (Fsp3) is 0.900. The van der Waals surface area contributed by atoms with Gasteiger partial charge in [0.15, 0.2) is 0 Å². The third-order valence-corrected chi connectivity index (χ3v) is 3.47. The number of thioether (sulfide) groups is 1. The number of esters is 1. The topological polar surface area (TPSA) is 38.3 Å². The van der Waals surface area contributed by atoms with Crippen LogP contribution in [0.15, 0.2) is 0 Å². The van der Waals surface area contributed by atoms with Crippen LogP contribution in [0.1, 0.15) is 27.2 Å². The first kappa shape index (κ1) is 13.8. The molecule has 84 valence electrons. The highest BCUT2D eigenvalue weighted by Gasteiger charge is 2.21. The molecule has 0 amide bonds. The fourth-order valence-corrected chi connectivity index (χ4v) is 1.21. The van der Waals surface area contributed by atoms with Crippen molar-refractivity contribution in [3.63, 3.8) is 0 Å². The predicted octanol–water partition coefficient (Wildman–Crippen LogP) is 1.67. The van der Waals surface area contributed by atoms with E-state index in [2.05, 4.69) is 25.4 Å². The Morgan fingerprint density at radius 2 is 2.14 bits per heavy atom. The Balaban J connectivity index is 4.02. The van der Waals surface area contributed by atoms with Crippen molar-refractivity contribution in [3.05, 3.63) is 0 Å². The molecular weight excluding hydrogens is 198 g/mol. The quantitative estimate of drug-likeness (QED) is 0.690. The second-order valence-electron chi connectivity index (χ2n) is 3.83. The van der Waals surface area contributed by atoms with Gasteiger partial charge in [-0.1, -0.05) is 6.92 Å². The summed E-state index contributed by atoms with van der Waals surface area (Å²) in [5.74, 6) is -0.176. The van der Waals surface area contributed by atoms with E-state index in [1.165, 1.54) is 7.11 Å². The maximum atomic E-state index is 11.3. The number of rotatable bonds is 6. The monoisotopic (exact) mass is 219 g/mol. The third kappa shape index (κ3) is 4.86. The van der Waals surface area contributed by atoms with E-state index in [9.17, 15) is 4.79 Å². The summed E-state index contributed by atoms with van der Waals surface area (Å²) in [5, 5.41) is 3.22. The van der Waals surface area contributed by atoms with Gasteiger partial charge < -0.3 is 10.1 Å². The number of ether oxygens (including phenoxy) is 1. The SMILES string of the molecule is CCC(NCC(C)(C)SC)C(=O)OC. The van der Waals surface area contributed by atoms with E-state index in [0.717, 1.165) is 13.0 Å². The molecule has 0 saturated heterocycles. The Labute approximate surface area is 91.0 Å². The molecule has 3 nitrogen and oxygen atoms in total. The molecule has 0 aliphatic rings. The zero-order valence-electron chi connectivity index (χ0n) is 9.72. The third-order valence-electron chi connectivity index (χ3n) is 2.22. The lowest BCUT2D eigenvalue weighted by Gasteiger charge is -2.25. The van der Waals surface area contributed by atoms with Gasteiger partial charge in [-0.25, -0.2) is 0 Å². The zero-order chi connectivity index (χ0) is 11.2. The van der Waals surface area contributed by atoms with E-state index in [4.69, 9.17) is 4.74 Å². The van der Waals surface area contributed by atoms with E-state index >= 15 is 0 Å². The van der Waals surface area contributed by atoms with E-state index in [-0.39, 0.29) is 16.8 Å². The van der Waals surface area contributed by atoms with Crippen LogP contribution in [0.3, 0.4) is 0 Å².